The van der Waals surface area contributed by atoms with E-state index >= 15 is 4.39 Å². The summed E-state index contributed by atoms with van der Waals surface area (Å²) in [6.45, 7) is 2.68. The van der Waals surface area contributed by atoms with Gasteiger partial charge in [-0.2, -0.15) is 0 Å². The molecule has 4 aromatic rings. The normalized spacial score (nSPS) is 11.3. The van der Waals surface area contributed by atoms with Crippen LogP contribution in [0.5, 0.6) is 5.75 Å². The summed E-state index contributed by atoms with van der Waals surface area (Å²) in [5, 5.41) is 0.962. The molecule has 0 radical (unpaired) electrons. The van der Waals surface area contributed by atoms with Crippen molar-refractivity contribution < 1.29 is 26.7 Å². The molecule has 4 aromatic carbocycles. The molecule has 36 heavy (non-hydrogen) atoms. The van der Waals surface area contributed by atoms with Crippen LogP contribution in [0.4, 0.5) is 22.0 Å². The fourth-order valence-corrected chi connectivity index (χ4v) is 4.27. The molecule has 188 valence electrons. The highest BCUT2D eigenvalue weighted by molar-refractivity contribution is 5.88. The average Bonchev–Trinajstić information content (AvgIpc) is 2.86. The highest BCUT2D eigenvalue weighted by Gasteiger charge is 2.14. The largest absolute Gasteiger partial charge is 0.493 e. The molecular formula is C30H27F5O. The van der Waals surface area contributed by atoms with Crippen LogP contribution >= 0.6 is 0 Å². The average molecular weight is 499 g/mol. The van der Waals surface area contributed by atoms with Crippen molar-refractivity contribution >= 4 is 10.8 Å². The number of benzene rings is 4. The van der Waals surface area contributed by atoms with Crippen LogP contribution < -0.4 is 4.74 Å². The van der Waals surface area contributed by atoms with E-state index in [0.717, 1.165) is 37.8 Å². The van der Waals surface area contributed by atoms with Gasteiger partial charge in [-0.05, 0) is 71.7 Å². The molecule has 1 nitrogen and oxygen atoms in total. The topological polar surface area (TPSA) is 9.23 Å². The molecule has 0 bridgehead atoms. The van der Waals surface area contributed by atoms with E-state index in [-0.39, 0.29) is 18.4 Å². The fourth-order valence-electron chi connectivity index (χ4n) is 4.27. The number of rotatable bonds is 10. The zero-order valence-corrected chi connectivity index (χ0v) is 20.0. The van der Waals surface area contributed by atoms with Crippen molar-refractivity contribution in [3.63, 3.8) is 0 Å². The van der Waals surface area contributed by atoms with Gasteiger partial charge in [0.05, 0.1) is 6.61 Å². The van der Waals surface area contributed by atoms with Crippen molar-refractivity contribution in [2.45, 2.75) is 45.4 Å². The number of aryl methyl sites for hydroxylation is 2. The number of halogens is 5. The lowest BCUT2D eigenvalue weighted by atomic mass is 9.97. The molecule has 0 heterocycles. The molecule has 0 aliphatic heterocycles. The molecule has 0 saturated heterocycles. The molecule has 0 aliphatic carbocycles. The highest BCUT2D eigenvalue weighted by Crippen LogP contribution is 2.31. The van der Waals surface area contributed by atoms with Crippen LogP contribution in [0.1, 0.15) is 43.7 Å². The second kappa shape index (κ2) is 11.5. The zero-order chi connectivity index (χ0) is 25.7. The highest BCUT2D eigenvalue weighted by atomic mass is 19.2. The van der Waals surface area contributed by atoms with Crippen LogP contribution in [0.15, 0.2) is 60.7 Å². The van der Waals surface area contributed by atoms with E-state index in [1.807, 2.05) is 0 Å². The summed E-state index contributed by atoms with van der Waals surface area (Å²) < 4.78 is 75.7. The Morgan fingerprint density at radius 3 is 2.17 bits per heavy atom. The monoisotopic (exact) mass is 498 g/mol. The summed E-state index contributed by atoms with van der Waals surface area (Å²) in [5.74, 6) is -4.45. The van der Waals surface area contributed by atoms with Gasteiger partial charge in [-0.25, -0.2) is 22.0 Å². The van der Waals surface area contributed by atoms with Gasteiger partial charge in [0, 0.05) is 17.0 Å². The van der Waals surface area contributed by atoms with Crippen molar-refractivity contribution in [1.29, 1.82) is 0 Å². The summed E-state index contributed by atoms with van der Waals surface area (Å²) in [4.78, 5) is 0. The molecule has 0 N–H and O–H groups in total. The Morgan fingerprint density at radius 2 is 1.44 bits per heavy atom. The third-order valence-electron chi connectivity index (χ3n) is 6.28. The summed E-state index contributed by atoms with van der Waals surface area (Å²) in [6.07, 6.45) is 4.62. The van der Waals surface area contributed by atoms with E-state index in [9.17, 15) is 17.6 Å². The second-order valence-corrected chi connectivity index (χ2v) is 8.90. The minimum atomic E-state index is -1.52. The predicted molar refractivity (Wildman–Crippen MR) is 133 cm³/mol. The van der Waals surface area contributed by atoms with E-state index in [2.05, 4.69) is 6.92 Å². The van der Waals surface area contributed by atoms with E-state index in [4.69, 9.17) is 4.74 Å². The Bertz CT molecular complexity index is 1340. The molecule has 0 amide bonds. The Morgan fingerprint density at radius 1 is 0.667 bits per heavy atom. The number of hydrogen-bond donors (Lipinski definition) is 0. The summed E-state index contributed by atoms with van der Waals surface area (Å²) in [5.41, 5.74) is 1.61. The smallest absolute Gasteiger partial charge is 0.194 e. The molecule has 4 rings (SSSR count). The van der Waals surface area contributed by atoms with E-state index < -0.39 is 29.1 Å². The first-order valence-electron chi connectivity index (χ1n) is 12.1. The van der Waals surface area contributed by atoms with Gasteiger partial charge in [0.25, 0.3) is 0 Å². The fraction of sp³-hybridized carbons (Fsp3) is 0.267. The Kier molecular flexibility index (Phi) is 8.24. The lowest BCUT2D eigenvalue weighted by molar-refractivity contribution is 0.303. The Labute approximate surface area is 207 Å². The molecule has 0 unspecified atom stereocenters. The van der Waals surface area contributed by atoms with E-state index in [1.165, 1.54) is 6.07 Å². The minimum absolute atomic E-state index is 0.146. The second-order valence-electron chi connectivity index (χ2n) is 8.90. The van der Waals surface area contributed by atoms with Crippen molar-refractivity contribution in [2.24, 2.45) is 0 Å². The maximum absolute atomic E-state index is 15.2. The van der Waals surface area contributed by atoms with Gasteiger partial charge in [-0.3, -0.25) is 0 Å². The van der Waals surface area contributed by atoms with Crippen LogP contribution in [0.25, 0.3) is 21.9 Å². The number of fused-ring (bicyclic) bond motifs is 1. The molecule has 0 atom stereocenters. The van der Waals surface area contributed by atoms with E-state index in [1.54, 1.807) is 42.5 Å². The van der Waals surface area contributed by atoms with Crippen LogP contribution in [-0.4, -0.2) is 6.61 Å². The molecule has 0 aliphatic rings. The van der Waals surface area contributed by atoms with Crippen LogP contribution in [0.2, 0.25) is 0 Å². The number of ether oxygens (including phenoxy) is 1. The van der Waals surface area contributed by atoms with Crippen LogP contribution in [0.3, 0.4) is 0 Å². The zero-order valence-electron chi connectivity index (χ0n) is 20.0. The van der Waals surface area contributed by atoms with Crippen molar-refractivity contribution in [3.05, 3.63) is 101 Å². The third-order valence-corrected chi connectivity index (χ3v) is 6.28. The van der Waals surface area contributed by atoms with Crippen molar-refractivity contribution in [3.8, 4) is 16.9 Å². The first kappa shape index (κ1) is 25.7. The molecule has 0 aromatic heterocycles. The minimum Gasteiger partial charge on any atom is -0.493 e. The molecule has 0 saturated carbocycles. The van der Waals surface area contributed by atoms with Crippen LogP contribution in [0, 0.1) is 29.1 Å². The van der Waals surface area contributed by atoms with Gasteiger partial charge in [-0.1, -0.05) is 50.5 Å². The molecule has 6 heteroatoms. The summed E-state index contributed by atoms with van der Waals surface area (Å²) in [7, 11) is 0. The number of unbranched alkanes of at least 4 members (excludes halogenated alkanes) is 3. The first-order valence-corrected chi connectivity index (χ1v) is 12.1. The van der Waals surface area contributed by atoms with Gasteiger partial charge in [0.15, 0.2) is 17.5 Å². The molecule has 0 spiro atoms. The van der Waals surface area contributed by atoms with Crippen molar-refractivity contribution in [1.82, 2.24) is 0 Å². The number of hydrogen-bond acceptors (Lipinski definition) is 1. The van der Waals surface area contributed by atoms with Gasteiger partial charge in [-0.15, -0.1) is 0 Å². The van der Waals surface area contributed by atoms with Gasteiger partial charge < -0.3 is 4.74 Å². The summed E-state index contributed by atoms with van der Waals surface area (Å²) in [6, 6.07) is 14.9. The standard InChI is InChI=1S/C30H27F5O/c1-2-3-4-5-14-36-23-11-13-24(26(31)18-23)21-10-12-25-22(17-21)9-8-20(29(25)34)7-6-19-15-27(32)30(35)28(33)16-19/h8-13,15-18H,2-7,14H2,1H3. The predicted octanol–water partition coefficient (Wildman–Crippen LogP) is 8.95. The first-order chi connectivity index (χ1) is 17.4. The Balaban J connectivity index is 1.49. The molecule has 0 fully saturated rings. The van der Waals surface area contributed by atoms with Gasteiger partial charge in [0.1, 0.15) is 17.4 Å². The maximum atomic E-state index is 15.2. The Hall–Kier alpha value is -3.41. The van der Waals surface area contributed by atoms with Crippen LogP contribution in [-0.2, 0) is 12.8 Å². The lowest BCUT2D eigenvalue weighted by Crippen LogP contribution is -1.99. The SMILES string of the molecule is CCCCCCOc1ccc(-c2ccc3c(F)c(CCc4cc(F)c(F)c(F)c4)ccc3c2)c(F)c1. The lowest BCUT2D eigenvalue weighted by Gasteiger charge is -2.11. The quantitative estimate of drug-likeness (QED) is 0.120. The summed E-state index contributed by atoms with van der Waals surface area (Å²) >= 11 is 0. The van der Waals surface area contributed by atoms with E-state index in [0.29, 0.717) is 39.8 Å². The van der Waals surface area contributed by atoms with Crippen molar-refractivity contribution in [2.75, 3.05) is 6.61 Å². The van der Waals surface area contributed by atoms with Gasteiger partial charge in [0.2, 0.25) is 0 Å². The third kappa shape index (κ3) is 5.86. The maximum Gasteiger partial charge on any atom is 0.194 e. The van der Waals surface area contributed by atoms with Gasteiger partial charge >= 0.3 is 0 Å². The molecular weight excluding hydrogens is 471 g/mol.